The molecule has 4 rings (SSSR count). The SMILES string of the molecule is COc1ccc(C=NNC(=O)c2nc(-c3ccccc3)cc(-c3ccccc3)n2)c(OC)c1. The van der Waals surface area contributed by atoms with Crippen molar-refractivity contribution in [1.29, 1.82) is 0 Å². The van der Waals surface area contributed by atoms with Crippen LogP contribution in [0.15, 0.2) is 90.0 Å². The Bertz CT molecular complexity index is 1220. The van der Waals surface area contributed by atoms with E-state index in [2.05, 4.69) is 20.5 Å². The summed E-state index contributed by atoms with van der Waals surface area (Å²) in [5.41, 5.74) is 6.26. The Morgan fingerprint density at radius 1 is 0.818 bits per heavy atom. The molecule has 0 spiro atoms. The largest absolute Gasteiger partial charge is 0.497 e. The minimum atomic E-state index is -0.520. The highest BCUT2D eigenvalue weighted by Crippen LogP contribution is 2.24. The van der Waals surface area contributed by atoms with Crippen molar-refractivity contribution >= 4 is 12.1 Å². The summed E-state index contributed by atoms with van der Waals surface area (Å²) in [5, 5.41) is 4.06. The lowest BCUT2D eigenvalue weighted by Crippen LogP contribution is -2.21. The number of methoxy groups -OCH3 is 2. The summed E-state index contributed by atoms with van der Waals surface area (Å²) < 4.78 is 10.5. The van der Waals surface area contributed by atoms with Gasteiger partial charge >= 0.3 is 5.91 Å². The monoisotopic (exact) mass is 438 g/mol. The number of benzene rings is 3. The van der Waals surface area contributed by atoms with E-state index in [9.17, 15) is 4.79 Å². The van der Waals surface area contributed by atoms with Crippen molar-refractivity contribution in [3.8, 4) is 34.0 Å². The molecule has 1 aromatic heterocycles. The number of nitrogens with one attached hydrogen (secondary N) is 1. The molecule has 0 aliphatic heterocycles. The van der Waals surface area contributed by atoms with Gasteiger partial charge in [0.1, 0.15) is 11.5 Å². The number of rotatable bonds is 7. The fourth-order valence-corrected chi connectivity index (χ4v) is 3.20. The summed E-state index contributed by atoms with van der Waals surface area (Å²) in [4.78, 5) is 21.8. The average Bonchev–Trinajstić information content (AvgIpc) is 2.89. The molecule has 1 heterocycles. The minimum Gasteiger partial charge on any atom is -0.497 e. The smallest absolute Gasteiger partial charge is 0.309 e. The van der Waals surface area contributed by atoms with Crippen molar-refractivity contribution in [2.75, 3.05) is 14.2 Å². The number of hydrogen-bond donors (Lipinski definition) is 1. The zero-order chi connectivity index (χ0) is 23.0. The van der Waals surface area contributed by atoms with Gasteiger partial charge in [0.15, 0.2) is 0 Å². The van der Waals surface area contributed by atoms with Crippen molar-refractivity contribution in [2.45, 2.75) is 0 Å². The lowest BCUT2D eigenvalue weighted by atomic mass is 10.1. The number of carbonyl (C=O) groups excluding carboxylic acids is 1. The molecule has 0 fully saturated rings. The molecule has 7 nitrogen and oxygen atoms in total. The maximum Gasteiger partial charge on any atom is 0.309 e. The molecule has 4 aromatic rings. The molecule has 3 aromatic carbocycles. The van der Waals surface area contributed by atoms with Gasteiger partial charge in [-0.3, -0.25) is 4.79 Å². The Hall–Kier alpha value is -4.52. The third-order valence-electron chi connectivity index (χ3n) is 4.88. The Balaban J connectivity index is 1.62. The van der Waals surface area contributed by atoms with Gasteiger partial charge in [-0.05, 0) is 18.2 Å². The number of carbonyl (C=O) groups is 1. The molecule has 0 aliphatic rings. The molecule has 7 heteroatoms. The van der Waals surface area contributed by atoms with Crippen LogP contribution in [0.25, 0.3) is 22.5 Å². The number of aromatic nitrogens is 2. The second kappa shape index (κ2) is 10.2. The summed E-state index contributed by atoms with van der Waals surface area (Å²) in [7, 11) is 3.13. The molecule has 1 N–H and O–H groups in total. The maximum atomic E-state index is 12.9. The van der Waals surface area contributed by atoms with Crippen LogP contribution in [0.3, 0.4) is 0 Å². The molecule has 1 amide bonds. The number of amides is 1. The van der Waals surface area contributed by atoms with Gasteiger partial charge in [0.05, 0.1) is 31.8 Å². The van der Waals surface area contributed by atoms with E-state index in [0.717, 1.165) is 11.1 Å². The quantitative estimate of drug-likeness (QED) is 0.337. The predicted octanol–water partition coefficient (Wildman–Crippen LogP) is 4.59. The molecular weight excluding hydrogens is 416 g/mol. The molecule has 0 unspecified atom stereocenters. The summed E-state index contributed by atoms with van der Waals surface area (Å²) in [5.74, 6) is 0.733. The van der Waals surface area contributed by atoms with Gasteiger partial charge in [-0.1, -0.05) is 60.7 Å². The lowest BCUT2D eigenvalue weighted by molar-refractivity contribution is 0.0945. The molecule has 0 radical (unpaired) electrons. The topological polar surface area (TPSA) is 85.7 Å². The standard InChI is InChI=1S/C26H22N4O3/c1-32-21-14-13-20(24(15-21)33-2)17-27-30-26(31)25-28-22(18-9-5-3-6-10-18)16-23(29-25)19-11-7-4-8-12-19/h3-17H,1-2H3,(H,30,31). The summed E-state index contributed by atoms with van der Waals surface area (Å²) >= 11 is 0. The number of nitrogens with zero attached hydrogens (tertiary/aromatic N) is 3. The van der Waals surface area contributed by atoms with Crippen LogP contribution in [-0.2, 0) is 0 Å². The van der Waals surface area contributed by atoms with Gasteiger partial charge in [0, 0.05) is 22.8 Å². The second-order valence-corrected chi connectivity index (χ2v) is 7.00. The molecule has 0 saturated heterocycles. The van der Waals surface area contributed by atoms with Gasteiger partial charge < -0.3 is 9.47 Å². The van der Waals surface area contributed by atoms with Gasteiger partial charge in [-0.2, -0.15) is 5.10 Å². The fraction of sp³-hybridized carbons (Fsp3) is 0.0769. The summed E-state index contributed by atoms with van der Waals surface area (Å²) in [6.45, 7) is 0. The van der Waals surface area contributed by atoms with E-state index in [1.54, 1.807) is 32.4 Å². The molecule has 0 atom stereocenters. The highest BCUT2D eigenvalue weighted by atomic mass is 16.5. The number of ether oxygens (including phenoxy) is 2. The molecule has 0 saturated carbocycles. The Morgan fingerprint density at radius 3 is 1.97 bits per heavy atom. The highest BCUT2D eigenvalue weighted by molar-refractivity contribution is 5.93. The first-order chi connectivity index (χ1) is 16.2. The summed E-state index contributed by atoms with van der Waals surface area (Å²) in [6, 6.07) is 26.5. The van der Waals surface area contributed by atoms with E-state index in [0.29, 0.717) is 28.5 Å². The van der Waals surface area contributed by atoms with Crippen LogP contribution in [-0.4, -0.2) is 36.3 Å². The average molecular weight is 438 g/mol. The third-order valence-corrected chi connectivity index (χ3v) is 4.88. The van der Waals surface area contributed by atoms with Crippen LogP contribution in [0, 0.1) is 0 Å². The molecule has 33 heavy (non-hydrogen) atoms. The van der Waals surface area contributed by atoms with Crippen molar-refractivity contribution in [3.05, 3.63) is 96.3 Å². The highest BCUT2D eigenvalue weighted by Gasteiger charge is 2.14. The minimum absolute atomic E-state index is 0.0223. The normalized spacial score (nSPS) is 10.7. The lowest BCUT2D eigenvalue weighted by Gasteiger charge is -2.08. The van der Waals surface area contributed by atoms with E-state index in [1.807, 2.05) is 66.7 Å². The number of hydrogen-bond acceptors (Lipinski definition) is 6. The third kappa shape index (κ3) is 5.22. The molecule has 0 aliphatic carbocycles. The van der Waals surface area contributed by atoms with Crippen molar-refractivity contribution < 1.29 is 14.3 Å². The van der Waals surface area contributed by atoms with Gasteiger partial charge in [0.2, 0.25) is 5.82 Å². The predicted molar refractivity (Wildman–Crippen MR) is 128 cm³/mol. The molecule has 0 bridgehead atoms. The maximum absolute atomic E-state index is 12.9. The van der Waals surface area contributed by atoms with Crippen molar-refractivity contribution in [2.24, 2.45) is 5.10 Å². The Labute approximate surface area is 191 Å². The van der Waals surface area contributed by atoms with Gasteiger partial charge in [0.25, 0.3) is 0 Å². The van der Waals surface area contributed by atoms with Gasteiger partial charge in [-0.15, -0.1) is 0 Å². The summed E-state index contributed by atoms with van der Waals surface area (Å²) in [6.07, 6.45) is 1.50. The Morgan fingerprint density at radius 2 is 1.42 bits per heavy atom. The van der Waals surface area contributed by atoms with Crippen LogP contribution in [0.5, 0.6) is 11.5 Å². The first-order valence-corrected chi connectivity index (χ1v) is 10.2. The molecular formula is C26H22N4O3. The van der Waals surface area contributed by atoms with E-state index in [4.69, 9.17) is 9.47 Å². The zero-order valence-corrected chi connectivity index (χ0v) is 18.2. The van der Waals surface area contributed by atoms with Crippen LogP contribution in [0.4, 0.5) is 0 Å². The van der Waals surface area contributed by atoms with Crippen molar-refractivity contribution in [3.63, 3.8) is 0 Å². The second-order valence-electron chi connectivity index (χ2n) is 7.00. The van der Waals surface area contributed by atoms with Crippen molar-refractivity contribution in [1.82, 2.24) is 15.4 Å². The van der Waals surface area contributed by atoms with Crippen LogP contribution in [0.2, 0.25) is 0 Å². The first kappa shape index (κ1) is 21.7. The molecule has 164 valence electrons. The number of hydrazone groups is 1. The van der Waals surface area contributed by atoms with E-state index in [-0.39, 0.29) is 5.82 Å². The first-order valence-electron chi connectivity index (χ1n) is 10.2. The van der Waals surface area contributed by atoms with E-state index in [1.165, 1.54) is 6.21 Å². The van der Waals surface area contributed by atoms with E-state index < -0.39 is 5.91 Å². The Kier molecular flexibility index (Phi) is 6.70. The zero-order valence-electron chi connectivity index (χ0n) is 18.2. The van der Waals surface area contributed by atoms with Gasteiger partial charge in [-0.25, -0.2) is 15.4 Å². The van der Waals surface area contributed by atoms with Crippen LogP contribution >= 0.6 is 0 Å². The van der Waals surface area contributed by atoms with Crippen LogP contribution < -0.4 is 14.9 Å². The van der Waals surface area contributed by atoms with Crippen LogP contribution in [0.1, 0.15) is 16.2 Å². The fourth-order valence-electron chi connectivity index (χ4n) is 3.20. The van der Waals surface area contributed by atoms with E-state index >= 15 is 0 Å².